The molecule has 3 nitrogen and oxygen atoms in total. The van der Waals surface area contributed by atoms with Crippen molar-refractivity contribution in [2.45, 2.75) is 45.8 Å². The topological polar surface area (TPSA) is 24.5 Å². The van der Waals surface area contributed by atoms with Crippen LogP contribution in [0, 0.1) is 5.92 Å². The predicted molar refractivity (Wildman–Crippen MR) is 68.8 cm³/mol. The van der Waals surface area contributed by atoms with Crippen molar-refractivity contribution in [1.82, 2.24) is 10.2 Å². The van der Waals surface area contributed by atoms with E-state index in [2.05, 4.69) is 38.0 Å². The van der Waals surface area contributed by atoms with Gasteiger partial charge in [-0.15, -0.1) is 0 Å². The van der Waals surface area contributed by atoms with Crippen molar-refractivity contribution in [2.75, 3.05) is 33.3 Å². The number of ether oxygens (including phenoxy) is 1. The molecule has 2 atom stereocenters. The van der Waals surface area contributed by atoms with Crippen LogP contribution in [-0.4, -0.2) is 50.3 Å². The van der Waals surface area contributed by atoms with Crippen LogP contribution in [0.15, 0.2) is 0 Å². The molecular formula is C13H28N2O. The van der Waals surface area contributed by atoms with E-state index in [4.69, 9.17) is 4.74 Å². The fourth-order valence-corrected chi connectivity index (χ4v) is 2.24. The average Bonchev–Trinajstić information content (AvgIpc) is 2.63. The lowest BCUT2D eigenvalue weighted by atomic mass is 10.1. The highest BCUT2D eigenvalue weighted by atomic mass is 16.5. The van der Waals surface area contributed by atoms with Gasteiger partial charge in [0, 0.05) is 25.7 Å². The van der Waals surface area contributed by atoms with E-state index < -0.39 is 0 Å². The van der Waals surface area contributed by atoms with Crippen LogP contribution >= 0.6 is 0 Å². The Morgan fingerprint density at radius 3 is 2.69 bits per heavy atom. The third-order valence-corrected chi connectivity index (χ3v) is 3.44. The molecule has 0 bridgehead atoms. The number of nitrogens with zero attached hydrogens (tertiary/aromatic N) is 1. The zero-order valence-corrected chi connectivity index (χ0v) is 11.3. The van der Waals surface area contributed by atoms with Gasteiger partial charge >= 0.3 is 0 Å². The number of hydrogen-bond donors (Lipinski definition) is 1. The number of likely N-dealkylation sites (N-methyl/N-ethyl adjacent to an activating group) is 1. The highest BCUT2D eigenvalue weighted by molar-refractivity contribution is 4.80. The smallest absolute Gasteiger partial charge is 0.0702 e. The maximum Gasteiger partial charge on any atom is 0.0702 e. The minimum atomic E-state index is 0.403. The minimum absolute atomic E-state index is 0.403. The predicted octanol–water partition coefficient (Wildman–Crippen LogP) is 1.73. The molecule has 1 N–H and O–H groups in total. The second kappa shape index (κ2) is 7.25. The van der Waals surface area contributed by atoms with E-state index in [1.165, 1.54) is 12.8 Å². The molecule has 0 amide bonds. The summed E-state index contributed by atoms with van der Waals surface area (Å²) < 4.78 is 5.58. The first-order valence-electron chi connectivity index (χ1n) is 6.64. The fraction of sp³-hybridized carbons (Fsp3) is 1.00. The van der Waals surface area contributed by atoms with Gasteiger partial charge in [0.25, 0.3) is 0 Å². The van der Waals surface area contributed by atoms with Crippen molar-refractivity contribution >= 4 is 0 Å². The molecule has 1 heterocycles. The Hall–Kier alpha value is -0.120. The molecule has 2 unspecified atom stereocenters. The Morgan fingerprint density at radius 2 is 2.12 bits per heavy atom. The number of nitrogens with one attached hydrogen (secondary N) is 1. The lowest BCUT2D eigenvalue weighted by molar-refractivity contribution is 0.0840. The van der Waals surface area contributed by atoms with Gasteiger partial charge in [0.2, 0.25) is 0 Å². The second-order valence-corrected chi connectivity index (χ2v) is 5.35. The maximum absolute atomic E-state index is 5.58. The molecule has 1 fully saturated rings. The lowest BCUT2D eigenvalue weighted by Crippen LogP contribution is -2.40. The standard InChI is InChI=1S/C13H28N2O/c1-11(2)5-7-14-8-9-15(4)13-6-10-16-12(13)3/h11-14H,5-10H2,1-4H3. The number of rotatable bonds is 7. The van der Waals surface area contributed by atoms with Gasteiger partial charge in [-0.2, -0.15) is 0 Å². The summed E-state index contributed by atoms with van der Waals surface area (Å²) >= 11 is 0. The van der Waals surface area contributed by atoms with Crippen LogP contribution in [0.5, 0.6) is 0 Å². The Kier molecular flexibility index (Phi) is 6.32. The van der Waals surface area contributed by atoms with Gasteiger partial charge in [-0.05, 0) is 39.3 Å². The quantitative estimate of drug-likeness (QED) is 0.672. The van der Waals surface area contributed by atoms with E-state index >= 15 is 0 Å². The zero-order valence-electron chi connectivity index (χ0n) is 11.3. The summed E-state index contributed by atoms with van der Waals surface area (Å²) in [6.07, 6.45) is 2.86. The molecule has 0 aliphatic carbocycles. The molecule has 16 heavy (non-hydrogen) atoms. The molecular weight excluding hydrogens is 200 g/mol. The molecule has 1 aliphatic heterocycles. The molecule has 0 aromatic carbocycles. The molecule has 0 spiro atoms. The summed E-state index contributed by atoms with van der Waals surface area (Å²) in [7, 11) is 2.21. The third kappa shape index (κ3) is 4.81. The van der Waals surface area contributed by atoms with E-state index in [9.17, 15) is 0 Å². The largest absolute Gasteiger partial charge is 0.377 e. The molecule has 0 aromatic heterocycles. The second-order valence-electron chi connectivity index (χ2n) is 5.35. The minimum Gasteiger partial charge on any atom is -0.377 e. The van der Waals surface area contributed by atoms with Crippen LogP contribution in [0.25, 0.3) is 0 Å². The van der Waals surface area contributed by atoms with Crippen molar-refractivity contribution < 1.29 is 4.74 Å². The first kappa shape index (κ1) is 13.9. The summed E-state index contributed by atoms with van der Waals surface area (Å²) in [5.41, 5.74) is 0. The average molecular weight is 228 g/mol. The SMILES string of the molecule is CC(C)CCNCCN(C)C1CCOC1C. The van der Waals surface area contributed by atoms with Crippen LogP contribution in [-0.2, 0) is 4.74 Å². The van der Waals surface area contributed by atoms with Crippen LogP contribution in [0.1, 0.15) is 33.6 Å². The van der Waals surface area contributed by atoms with Gasteiger partial charge in [-0.25, -0.2) is 0 Å². The van der Waals surface area contributed by atoms with E-state index in [0.29, 0.717) is 12.1 Å². The first-order valence-corrected chi connectivity index (χ1v) is 6.64. The number of hydrogen-bond acceptors (Lipinski definition) is 3. The van der Waals surface area contributed by atoms with Crippen molar-refractivity contribution in [1.29, 1.82) is 0 Å². The third-order valence-electron chi connectivity index (χ3n) is 3.44. The summed E-state index contributed by atoms with van der Waals surface area (Å²) in [4.78, 5) is 2.43. The fourth-order valence-electron chi connectivity index (χ4n) is 2.24. The maximum atomic E-state index is 5.58. The monoisotopic (exact) mass is 228 g/mol. The Morgan fingerprint density at radius 1 is 1.38 bits per heavy atom. The van der Waals surface area contributed by atoms with Gasteiger partial charge in [-0.1, -0.05) is 13.8 Å². The zero-order chi connectivity index (χ0) is 12.0. The summed E-state index contributed by atoms with van der Waals surface area (Å²) in [6, 6.07) is 0.617. The van der Waals surface area contributed by atoms with Crippen LogP contribution in [0.4, 0.5) is 0 Å². The van der Waals surface area contributed by atoms with Crippen LogP contribution < -0.4 is 5.32 Å². The Bertz CT molecular complexity index is 185. The molecule has 1 rings (SSSR count). The summed E-state index contributed by atoms with van der Waals surface area (Å²) in [5, 5.41) is 3.50. The lowest BCUT2D eigenvalue weighted by Gasteiger charge is -2.26. The van der Waals surface area contributed by atoms with Gasteiger partial charge in [0.05, 0.1) is 6.10 Å². The van der Waals surface area contributed by atoms with Gasteiger partial charge in [0.15, 0.2) is 0 Å². The first-order chi connectivity index (χ1) is 7.61. The molecule has 3 heteroatoms. The summed E-state index contributed by atoms with van der Waals surface area (Å²) in [5.74, 6) is 0.800. The molecule has 96 valence electrons. The van der Waals surface area contributed by atoms with Crippen molar-refractivity contribution in [3.63, 3.8) is 0 Å². The Labute approximate surface area is 101 Å². The molecule has 1 saturated heterocycles. The molecule has 0 aromatic rings. The van der Waals surface area contributed by atoms with Crippen LogP contribution in [0.3, 0.4) is 0 Å². The van der Waals surface area contributed by atoms with Gasteiger partial charge < -0.3 is 10.1 Å². The Balaban J connectivity index is 2.04. The van der Waals surface area contributed by atoms with Gasteiger partial charge in [-0.3, -0.25) is 4.90 Å². The van der Waals surface area contributed by atoms with Crippen molar-refractivity contribution in [3.8, 4) is 0 Å². The molecule has 0 radical (unpaired) electrons. The van der Waals surface area contributed by atoms with Crippen molar-refractivity contribution in [3.05, 3.63) is 0 Å². The van der Waals surface area contributed by atoms with E-state index in [1.54, 1.807) is 0 Å². The van der Waals surface area contributed by atoms with E-state index in [-0.39, 0.29) is 0 Å². The highest BCUT2D eigenvalue weighted by Crippen LogP contribution is 2.17. The van der Waals surface area contributed by atoms with Crippen LogP contribution in [0.2, 0.25) is 0 Å². The highest BCUT2D eigenvalue weighted by Gasteiger charge is 2.27. The van der Waals surface area contributed by atoms with Gasteiger partial charge in [0.1, 0.15) is 0 Å². The normalized spacial score (nSPS) is 25.9. The molecule has 0 saturated carbocycles. The van der Waals surface area contributed by atoms with E-state index in [0.717, 1.165) is 32.2 Å². The van der Waals surface area contributed by atoms with Crippen molar-refractivity contribution in [2.24, 2.45) is 5.92 Å². The van der Waals surface area contributed by atoms with E-state index in [1.807, 2.05) is 0 Å². The summed E-state index contributed by atoms with van der Waals surface area (Å²) in [6.45, 7) is 11.0. The molecule has 1 aliphatic rings.